The molecule has 6 nitrogen and oxygen atoms in total. The molecule has 34 heavy (non-hydrogen) atoms. The van der Waals surface area contributed by atoms with Crippen LogP contribution in [0.2, 0.25) is 5.02 Å². The Balaban J connectivity index is 1.74. The second-order valence-electron chi connectivity index (χ2n) is 7.40. The number of anilines is 3. The highest BCUT2D eigenvalue weighted by Gasteiger charge is 2.17. The predicted octanol–water partition coefficient (Wildman–Crippen LogP) is 5.50. The number of rotatable bonds is 10. The second-order valence-corrected chi connectivity index (χ2v) is 7.80. The first-order valence-corrected chi connectivity index (χ1v) is 10.7. The van der Waals surface area contributed by atoms with Gasteiger partial charge in [-0.15, -0.1) is 0 Å². The number of aryl methyl sites for hydroxylation is 1. The van der Waals surface area contributed by atoms with Crippen LogP contribution < -0.4 is 10.6 Å². The molecule has 0 aliphatic rings. The fraction of sp³-hybridized carbons (Fsp3) is 0.200. The van der Waals surface area contributed by atoms with E-state index in [2.05, 4.69) is 10.6 Å². The number of nitrogens with one attached hydrogen (secondary N) is 2. The maximum absolute atomic E-state index is 13.9. The number of benzene rings is 3. The topological polar surface area (TPSA) is 76.7 Å². The second kappa shape index (κ2) is 11.7. The summed E-state index contributed by atoms with van der Waals surface area (Å²) < 4.78 is 37.1. The first kappa shape index (κ1) is 25.3. The highest BCUT2D eigenvalue weighted by Crippen LogP contribution is 2.28. The Bertz CT molecular complexity index is 1200. The lowest BCUT2D eigenvalue weighted by atomic mass is 9.98. The number of ketones is 1. The molecule has 0 heterocycles. The maximum Gasteiger partial charge on any atom is 0.250 e. The van der Waals surface area contributed by atoms with Crippen molar-refractivity contribution in [3.63, 3.8) is 0 Å². The Morgan fingerprint density at radius 2 is 1.71 bits per heavy atom. The lowest BCUT2D eigenvalue weighted by molar-refractivity contribution is -0.121. The molecule has 0 atom stereocenters. The van der Waals surface area contributed by atoms with Crippen molar-refractivity contribution in [1.82, 2.24) is 0 Å². The van der Waals surface area contributed by atoms with E-state index in [0.717, 1.165) is 12.1 Å². The average molecular weight is 489 g/mol. The minimum absolute atomic E-state index is 0.0713. The van der Waals surface area contributed by atoms with Gasteiger partial charge in [-0.05, 0) is 55.0 Å². The predicted molar refractivity (Wildman–Crippen MR) is 127 cm³/mol. The van der Waals surface area contributed by atoms with Gasteiger partial charge < -0.3 is 20.1 Å². The van der Waals surface area contributed by atoms with Gasteiger partial charge in [0, 0.05) is 35.7 Å². The maximum atomic E-state index is 13.9. The molecule has 0 unspecified atom stereocenters. The molecule has 3 aromatic rings. The average Bonchev–Trinajstić information content (AvgIpc) is 2.79. The molecule has 0 saturated heterocycles. The summed E-state index contributed by atoms with van der Waals surface area (Å²) in [4.78, 5) is 25.2. The molecule has 3 rings (SSSR count). The third-order valence-electron chi connectivity index (χ3n) is 4.85. The van der Waals surface area contributed by atoms with Gasteiger partial charge in [0.05, 0.1) is 23.9 Å². The van der Waals surface area contributed by atoms with Crippen LogP contribution in [0.4, 0.5) is 25.8 Å². The Kier molecular flexibility index (Phi) is 8.70. The van der Waals surface area contributed by atoms with Gasteiger partial charge in [-0.2, -0.15) is 0 Å². The standard InChI is InChI=1S/C25H23ClF2N2O4/c1-15-3-5-17(30-24(31)14-34-10-9-33-2)12-20(15)25(32)19-7-6-18(13-21(19)26)29-23-8-4-16(27)11-22(23)28/h3-8,11-13,29H,9-10,14H2,1-2H3,(H,30,31). The number of hydrogen-bond donors (Lipinski definition) is 2. The number of carbonyl (C=O) groups is 2. The van der Waals surface area contributed by atoms with E-state index in [1.54, 1.807) is 31.2 Å². The van der Waals surface area contributed by atoms with E-state index < -0.39 is 11.6 Å². The minimum atomic E-state index is -0.755. The van der Waals surface area contributed by atoms with Crippen LogP contribution in [0.25, 0.3) is 0 Å². The molecular weight excluding hydrogens is 466 g/mol. The van der Waals surface area contributed by atoms with Gasteiger partial charge in [-0.25, -0.2) is 8.78 Å². The molecule has 0 saturated carbocycles. The van der Waals surface area contributed by atoms with Crippen molar-refractivity contribution in [2.45, 2.75) is 6.92 Å². The van der Waals surface area contributed by atoms with E-state index in [1.807, 2.05) is 0 Å². The number of carbonyl (C=O) groups excluding carboxylic acids is 2. The molecule has 0 radical (unpaired) electrons. The summed E-state index contributed by atoms with van der Waals surface area (Å²) in [5, 5.41) is 5.65. The van der Waals surface area contributed by atoms with Crippen molar-refractivity contribution in [1.29, 1.82) is 0 Å². The molecule has 0 bridgehead atoms. The first-order chi connectivity index (χ1) is 16.3. The van der Waals surface area contributed by atoms with Gasteiger partial charge in [0.2, 0.25) is 5.91 Å². The largest absolute Gasteiger partial charge is 0.382 e. The van der Waals surface area contributed by atoms with Gasteiger partial charge in [-0.1, -0.05) is 17.7 Å². The lowest BCUT2D eigenvalue weighted by Gasteiger charge is -2.12. The Labute approximate surface area is 200 Å². The van der Waals surface area contributed by atoms with E-state index >= 15 is 0 Å². The summed E-state index contributed by atoms with van der Waals surface area (Å²) in [5.41, 5.74) is 2.24. The van der Waals surface area contributed by atoms with Gasteiger partial charge in [0.15, 0.2) is 5.78 Å². The van der Waals surface area contributed by atoms with Crippen molar-refractivity contribution in [2.24, 2.45) is 0 Å². The van der Waals surface area contributed by atoms with Gasteiger partial charge >= 0.3 is 0 Å². The van der Waals surface area contributed by atoms with Crippen LogP contribution in [-0.4, -0.2) is 38.6 Å². The zero-order chi connectivity index (χ0) is 24.7. The summed E-state index contributed by atoms with van der Waals surface area (Å²) in [7, 11) is 1.54. The number of ether oxygens (including phenoxy) is 2. The monoisotopic (exact) mass is 488 g/mol. The Morgan fingerprint density at radius 1 is 0.941 bits per heavy atom. The molecular formula is C25H23ClF2N2O4. The van der Waals surface area contributed by atoms with E-state index in [4.69, 9.17) is 21.1 Å². The highest BCUT2D eigenvalue weighted by atomic mass is 35.5. The zero-order valence-corrected chi connectivity index (χ0v) is 19.3. The summed E-state index contributed by atoms with van der Waals surface area (Å²) in [6.45, 7) is 2.30. The summed E-state index contributed by atoms with van der Waals surface area (Å²) >= 11 is 6.35. The third kappa shape index (κ3) is 6.60. The molecule has 178 valence electrons. The summed E-state index contributed by atoms with van der Waals surface area (Å²) in [6.07, 6.45) is 0. The zero-order valence-electron chi connectivity index (χ0n) is 18.6. The van der Waals surface area contributed by atoms with Gasteiger partial charge in [0.1, 0.15) is 18.2 Å². The van der Waals surface area contributed by atoms with Crippen LogP contribution in [-0.2, 0) is 14.3 Å². The van der Waals surface area contributed by atoms with Crippen LogP contribution in [0.15, 0.2) is 54.6 Å². The fourth-order valence-electron chi connectivity index (χ4n) is 3.12. The smallest absolute Gasteiger partial charge is 0.250 e. The minimum Gasteiger partial charge on any atom is -0.382 e. The summed E-state index contributed by atoms with van der Waals surface area (Å²) in [5.74, 6) is -2.14. The molecule has 9 heteroatoms. The van der Waals surface area contributed by atoms with Crippen molar-refractivity contribution in [2.75, 3.05) is 37.6 Å². The number of halogens is 3. The van der Waals surface area contributed by atoms with Crippen LogP contribution in [0, 0.1) is 18.6 Å². The molecule has 0 aliphatic carbocycles. The summed E-state index contributed by atoms with van der Waals surface area (Å²) in [6, 6.07) is 12.7. The quantitative estimate of drug-likeness (QED) is 0.291. The molecule has 1 amide bonds. The fourth-order valence-corrected chi connectivity index (χ4v) is 3.38. The molecule has 0 aliphatic heterocycles. The lowest BCUT2D eigenvalue weighted by Crippen LogP contribution is -2.20. The molecule has 0 fully saturated rings. The van der Waals surface area contributed by atoms with Gasteiger partial charge in [-0.3, -0.25) is 9.59 Å². The number of amides is 1. The van der Waals surface area contributed by atoms with Gasteiger partial charge in [0.25, 0.3) is 0 Å². The van der Waals surface area contributed by atoms with Crippen LogP contribution in [0.1, 0.15) is 21.5 Å². The van der Waals surface area contributed by atoms with E-state index in [9.17, 15) is 18.4 Å². The van der Waals surface area contributed by atoms with Crippen molar-refractivity contribution >= 4 is 40.4 Å². The molecule has 2 N–H and O–H groups in total. The van der Waals surface area contributed by atoms with E-state index in [-0.39, 0.29) is 34.6 Å². The van der Waals surface area contributed by atoms with Crippen molar-refractivity contribution < 1.29 is 27.8 Å². The van der Waals surface area contributed by atoms with E-state index in [1.165, 1.54) is 25.3 Å². The normalized spacial score (nSPS) is 10.7. The van der Waals surface area contributed by atoms with Crippen molar-refractivity contribution in [3.8, 4) is 0 Å². The SMILES string of the molecule is COCCOCC(=O)Nc1ccc(C)c(C(=O)c2ccc(Nc3ccc(F)cc3F)cc2Cl)c1. The first-order valence-electron chi connectivity index (χ1n) is 10.3. The van der Waals surface area contributed by atoms with Crippen LogP contribution >= 0.6 is 11.6 Å². The van der Waals surface area contributed by atoms with E-state index in [0.29, 0.717) is 35.7 Å². The molecule has 3 aromatic carbocycles. The highest BCUT2D eigenvalue weighted by molar-refractivity contribution is 6.35. The van der Waals surface area contributed by atoms with Crippen molar-refractivity contribution in [3.05, 3.63) is 87.9 Å². The van der Waals surface area contributed by atoms with Crippen LogP contribution in [0.5, 0.6) is 0 Å². The third-order valence-corrected chi connectivity index (χ3v) is 5.17. The number of hydrogen-bond acceptors (Lipinski definition) is 5. The molecule has 0 spiro atoms. The molecule has 0 aromatic heterocycles. The Hall–Kier alpha value is -3.33. The number of methoxy groups -OCH3 is 1. The van der Waals surface area contributed by atoms with Crippen LogP contribution in [0.3, 0.4) is 0 Å². The Morgan fingerprint density at radius 3 is 2.41 bits per heavy atom.